The van der Waals surface area contributed by atoms with Crippen LogP contribution in [0.1, 0.15) is 31.0 Å². The van der Waals surface area contributed by atoms with Gasteiger partial charge in [0.2, 0.25) is 0 Å². The van der Waals surface area contributed by atoms with Crippen molar-refractivity contribution in [2.45, 2.75) is 38.3 Å². The summed E-state index contributed by atoms with van der Waals surface area (Å²) in [6.07, 6.45) is 3.66. The highest BCUT2D eigenvalue weighted by atomic mass is 32.2. The van der Waals surface area contributed by atoms with E-state index in [9.17, 15) is 18.5 Å². The molecule has 1 aliphatic carbocycles. The fourth-order valence-corrected chi connectivity index (χ4v) is 3.11. The molecule has 0 amide bonds. The molecular weight excluding hydrogens is 274 g/mol. The van der Waals surface area contributed by atoms with Crippen molar-refractivity contribution in [2.24, 2.45) is 0 Å². The minimum atomic E-state index is -3.47. The number of rotatable bonds is 4. The predicted octanol–water partition coefficient (Wildman–Crippen LogP) is 1.17. The van der Waals surface area contributed by atoms with Gasteiger partial charge in [0.05, 0.1) is 23.3 Å². The van der Waals surface area contributed by atoms with E-state index in [1.54, 1.807) is 11.6 Å². The van der Waals surface area contributed by atoms with Crippen molar-refractivity contribution in [3.8, 4) is 0 Å². The molecule has 1 saturated carbocycles. The van der Waals surface area contributed by atoms with Crippen LogP contribution in [0.15, 0.2) is 6.20 Å². The molecule has 0 bridgehead atoms. The van der Waals surface area contributed by atoms with Crippen LogP contribution in [0.25, 0.3) is 0 Å². The van der Waals surface area contributed by atoms with E-state index >= 15 is 0 Å². The van der Waals surface area contributed by atoms with Gasteiger partial charge in [-0.3, -0.25) is 19.0 Å². The SMILES string of the molecule is Cc1c([N+](=O)[O-])cnn1[C@@H]1CC[C@H](OS(C)(=O)=O)C1. The zero-order chi connectivity index (χ0) is 14.2. The summed E-state index contributed by atoms with van der Waals surface area (Å²) in [6, 6.07) is -0.0551. The fourth-order valence-electron chi connectivity index (χ4n) is 2.44. The predicted molar refractivity (Wildman–Crippen MR) is 66.2 cm³/mol. The first kappa shape index (κ1) is 13.9. The van der Waals surface area contributed by atoms with E-state index in [-0.39, 0.29) is 17.8 Å². The molecular formula is C10H15N3O5S. The molecule has 0 aliphatic heterocycles. The number of hydrogen-bond donors (Lipinski definition) is 0. The van der Waals surface area contributed by atoms with E-state index in [4.69, 9.17) is 4.18 Å². The van der Waals surface area contributed by atoms with Gasteiger partial charge < -0.3 is 0 Å². The molecule has 0 radical (unpaired) electrons. The van der Waals surface area contributed by atoms with Crippen molar-refractivity contribution in [2.75, 3.05) is 6.26 Å². The van der Waals surface area contributed by atoms with Gasteiger partial charge in [-0.25, -0.2) is 0 Å². The quantitative estimate of drug-likeness (QED) is 0.468. The van der Waals surface area contributed by atoms with Crippen molar-refractivity contribution < 1.29 is 17.5 Å². The number of nitrogens with zero attached hydrogens (tertiary/aromatic N) is 3. The van der Waals surface area contributed by atoms with E-state index in [1.165, 1.54) is 6.20 Å². The molecule has 2 atom stereocenters. The molecule has 9 heteroatoms. The summed E-state index contributed by atoms with van der Waals surface area (Å²) in [4.78, 5) is 10.3. The molecule has 106 valence electrons. The lowest BCUT2D eigenvalue weighted by atomic mass is 10.2. The number of aromatic nitrogens is 2. The maximum absolute atomic E-state index is 11.1. The van der Waals surface area contributed by atoms with Crippen LogP contribution in [0, 0.1) is 17.0 Å². The number of hydrogen-bond acceptors (Lipinski definition) is 6. The molecule has 1 aliphatic rings. The van der Waals surface area contributed by atoms with Crippen LogP contribution in [0.4, 0.5) is 5.69 Å². The topological polar surface area (TPSA) is 104 Å². The van der Waals surface area contributed by atoms with Gasteiger partial charge in [-0.15, -0.1) is 0 Å². The summed E-state index contributed by atoms with van der Waals surface area (Å²) in [5.41, 5.74) is 0.461. The third-order valence-electron chi connectivity index (χ3n) is 3.23. The van der Waals surface area contributed by atoms with Crippen molar-refractivity contribution in [1.82, 2.24) is 9.78 Å². The van der Waals surface area contributed by atoms with Gasteiger partial charge in [0.25, 0.3) is 10.1 Å². The van der Waals surface area contributed by atoms with Gasteiger partial charge in [-0.2, -0.15) is 13.5 Å². The molecule has 8 nitrogen and oxygen atoms in total. The van der Waals surface area contributed by atoms with Crippen LogP contribution in [-0.4, -0.2) is 35.5 Å². The minimum Gasteiger partial charge on any atom is -0.267 e. The van der Waals surface area contributed by atoms with Crippen LogP contribution in [0.3, 0.4) is 0 Å². The molecule has 1 fully saturated rings. The average molecular weight is 289 g/mol. The first-order valence-corrected chi connectivity index (χ1v) is 7.66. The Labute approximate surface area is 110 Å². The van der Waals surface area contributed by atoms with E-state index in [1.807, 2.05) is 0 Å². The second-order valence-corrected chi connectivity index (χ2v) is 6.31. The van der Waals surface area contributed by atoms with E-state index in [0.717, 1.165) is 6.26 Å². The molecule has 0 N–H and O–H groups in total. The Morgan fingerprint density at radius 3 is 2.74 bits per heavy atom. The van der Waals surface area contributed by atoms with Crippen molar-refractivity contribution in [3.63, 3.8) is 0 Å². The summed E-state index contributed by atoms with van der Waals surface area (Å²) in [5.74, 6) is 0. The molecule has 1 aromatic rings. The Morgan fingerprint density at radius 1 is 1.53 bits per heavy atom. The van der Waals surface area contributed by atoms with Crippen LogP contribution >= 0.6 is 0 Å². The second kappa shape index (κ2) is 4.89. The molecule has 1 heterocycles. The summed E-state index contributed by atoms with van der Waals surface area (Å²) >= 11 is 0. The lowest BCUT2D eigenvalue weighted by Crippen LogP contribution is -2.16. The van der Waals surface area contributed by atoms with Gasteiger partial charge in [-0.1, -0.05) is 0 Å². The van der Waals surface area contributed by atoms with Crippen molar-refractivity contribution >= 4 is 15.8 Å². The molecule has 0 unspecified atom stereocenters. The monoisotopic (exact) mass is 289 g/mol. The standard InChI is InChI=1S/C10H15N3O5S/c1-7-10(13(14)15)6-11-12(7)8-3-4-9(5-8)18-19(2,16)17/h6,8-9H,3-5H2,1-2H3/t8-,9+/m1/s1. The minimum absolute atomic E-state index is 0.0209. The molecule has 19 heavy (non-hydrogen) atoms. The highest BCUT2D eigenvalue weighted by Crippen LogP contribution is 2.34. The lowest BCUT2D eigenvalue weighted by Gasteiger charge is -2.12. The van der Waals surface area contributed by atoms with Crippen LogP contribution < -0.4 is 0 Å². The summed E-state index contributed by atoms with van der Waals surface area (Å²) in [6.45, 7) is 1.63. The van der Waals surface area contributed by atoms with Gasteiger partial charge in [-0.05, 0) is 26.2 Å². The van der Waals surface area contributed by atoms with E-state index in [2.05, 4.69) is 5.10 Å². The van der Waals surface area contributed by atoms with Gasteiger partial charge >= 0.3 is 5.69 Å². The van der Waals surface area contributed by atoms with E-state index < -0.39 is 15.0 Å². The molecule has 2 rings (SSSR count). The Hall–Kier alpha value is -1.48. The summed E-state index contributed by atoms with van der Waals surface area (Å²) in [7, 11) is -3.47. The van der Waals surface area contributed by atoms with Gasteiger partial charge in [0, 0.05) is 0 Å². The van der Waals surface area contributed by atoms with E-state index in [0.29, 0.717) is 25.0 Å². The Kier molecular flexibility index (Phi) is 3.59. The third kappa shape index (κ3) is 3.10. The molecule has 0 spiro atoms. The van der Waals surface area contributed by atoms with Gasteiger partial charge in [0.1, 0.15) is 11.9 Å². The van der Waals surface area contributed by atoms with Gasteiger partial charge in [0.15, 0.2) is 0 Å². The van der Waals surface area contributed by atoms with Crippen molar-refractivity contribution in [3.05, 3.63) is 22.0 Å². The Bertz CT molecular complexity index is 594. The first-order chi connectivity index (χ1) is 8.78. The lowest BCUT2D eigenvalue weighted by molar-refractivity contribution is -0.385. The molecule has 1 aromatic heterocycles. The average Bonchev–Trinajstić information content (AvgIpc) is 2.82. The van der Waals surface area contributed by atoms with Crippen LogP contribution in [-0.2, 0) is 14.3 Å². The van der Waals surface area contributed by atoms with Crippen molar-refractivity contribution in [1.29, 1.82) is 0 Å². The van der Waals surface area contributed by atoms with Crippen LogP contribution in [0.2, 0.25) is 0 Å². The largest absolute Gasteiger partial charge is 0.309 e. The highest BCUT2D eigenvalue weighted by Gasteiger charge is 2.32. The second-order valence-electron chi connectivity index (χ2n) is 4.71. The molecule has 0 aromatic carbocycles. The Morgan fingerprint density at radius 2 is 2.21 bits per heavy atom. The summed E-state index contributed by atoms with van der Waals surface area (Å²) < 4.78 is 28.6. The summed E-state index contributed by atoms with van der Waals surface area (Å²) in [5, 5.41) is 14.8. The maximum atomic E-state index is 11.1. The number of nitro groups is 1. The Balaban J connectivity index is 2.11. The van der Waals surface area contributed by atoms with Crippen LogP contribution in [0.5, 0.6) is 0 Å². The highest BCUT2D eigenvalue weighted by molar-refractivity contribution is 7.86. The smallest absolute Gasteiger partial charge is 0.267 e. The normalized spacial score (nSPS) is 23.7. The molecule has 0 saturated heterocycles. The maximum Gasteiger partial charge on any atom is 0.309 e. The third-order valence-corrected chi connectivity index (χ3v) is 3.85. The first-order valence-electron chi connectivity index (χ1n) is 5.84. The zero-order valence-corrected chi connectivity index (χ0v) is 11.5. The fraction of sp³-hybridized carbons (Fsp3) is 0.700. The zero-order valence-electron chi connectivity index (χ0n) is 10.6.